The molecular weight excluding hydrogens is 433 g/mol. The molecule has 0 saturated carbocycles. The molecule has 0 aliphatic carbocycles. The van der Waals surface area contributed by atoms with Crippen molar-refractivity contribution in [2.45, 2.75) is 31.0 Å². The zero-order valence-corrected chi connectivity index (χ0v) is 17.0. The maximum atomic E-state index is 12.7. The molecule has 0 bridgehead atoms. The second-order valence-corrected chi connectivity index (χ2v) is 8.58. The molecule has 1 fully saturated rings. The lowest BCUT2D eigenvalue weighted by Crippen LogP contribution is -2.46. The topological polar surface area (TPSA) is 98.3 Å². The number of benzene rings is 1. The number of fused-ring (bicyclic) bond motifs is 1. The number of halogens is 3. The van der Waals surface area contributed by atoms with Crippen LogP contribution in [-0.4, -0.2) is 39.7 Å². The fourth-order valence-electron chi connectivity index (χ4n) is 3.60. The third-order valence-corrected chi connectivity index (χ3v) is 6.13. The first-order chi connectivity index (χ1) is 14.6. The van der Waals surface area contributed by atoms with Crippen molar-refractivity contribution in [2.75, 3.05) is 23.3 Å². The Morgan fingerprint density at radius 1 is 1.26 bits per heavy atom. The number of rotatable bonds is 4. The normalized spacial score (nSPS) is 16.5. The van der Waals surface area contributed by atoms with Gasteiger partial charge in [-0.1, -0.05) is 11.3 Å². The first-order valence-corrected chi connectivity index (χ1v) is 10.4. The summed E-state index contributed by atoms with van der Waals surface area (Å²) in [6.45, 7) is 0.733. The number of anilines is 2. The van der Waals surface area contributed by atoms with Gasteiger partial charge in [0.05, 0.1) is 27.8 Å². The van der Waals surface area contributed by atoms with Crippen molar-refractivity contribution in [3.05, 3.63) is 51.8 Å². The van der Waals surface area contributed by atoms with Gasteiger partial charge in [0, 0.05) is 25.0 Å². The molecule has 0 atom stereocenters. The summed E-state index contributed by atoms with van der Waals surface area (Å²) in [5.74, 6) is 0.0455. The summed E-state index contributed by atoms with van der Waals surface area (Å²) in [5, 5.41) is 13.5. The Balaban J connectivity index is 1.34. The first-order valence-electron chi connectivity index (χ1n) is 9.55. The molecule has 31 heavy (non-hydrogen) atoms. The van der Waals surface area contributed by atoms with E-state index in [1.54, 1.807) is 23.1 Å². The second-order valence-electron chi connectivity index (χ2n) is 7.56. The molecule has 4 rings (SSSR count). The molecule has 3 N–H and O–H groups in total. The van der Waals surface area contributed by atoms with Crippen molar-refractivity contribution in [1.82, 2.24) is 9.97 Å². The Morgan fingerprint density at radius 2 is 2.00 bits per heavy atom. The van der Waals surface area contributed by atoms with Crippen LogP contribution < -0.4 is 15.1 Å². The Labute approximate surface area is 178 Å². The molecule has 11 heteroatoms. The van der Waals surface area contributed by atoms with Crippen LogP contribution in [0.25, 0.3) is 10.2 Å². The number of H-pyrrole nitrogens is 1. The van der Waals surface area contributed by atoms with Crippen molar-refractivity contribution >= 4 is 39.0 Å². The van der Waals surface area contributed by atoms with Crippen LogP contribution >= 0.6 is 11.3 Å². The molecule has 1 saturated heterocycles. The molecule has 1 aliphatic heterocycles. The van der Waals surface area contributed by atoms with Crippen LogP contribution in [0, 0.1) is 0 Å². The highest BCUT2D eigenvalue weighted by molar-refractivity contribution is 7.16. The number of aromatic amines is 1. The van der Waals surface area contributed by atoms with Gasteiger partial charge in [0.15, 0.2) is 0 Å². The number of amides is 1. The number of nitrogens with one attached hydrogen (secondary N) is 2. The van der Waals surface area contributed by atoms with Crippen LogP contribution in [-0.2, 0) is 11.0 Å². The number of aliphatic hydroxyl groups is 1. The standard InChI is InChI=1S/C20H19F3N4O3S/c21-20(22,23)12-1-4-16(24-11-12)27-7-5-19(30,6-8-27)10-17(28)25-13-2-3-14-15(9-13)31-18(29)26-14/h1-4,9,11,30H,5-8,10H2,(H,25,28)(H,26,29). The Kier molecular flexibility index (Phi) is 5.48. The highest BCUT2D eigenvalue weighted by Gasteiger charge is 2.35. The zero-order valence-electron chi connectivity index (χ0n) is 16.2. The van der Waals surface area contributed by atoms with Gasteiger partial charge in [-0.3, -0.25) is 9.59 Å². The third kappa shape index (κ3) is 4.88. The van der Waals surface area contributed by atoms with E-state index in [2.05, 4.69) is 15.3 Å². The van der Waals surface area contributed by atoms with Gasteiger partial charge in [-0.15, -0.1) is 0 Å². The lowest BCUT2D eigenvalue weighted by Gasteiger charge is -2.38. The van der Waals surface area contributed by atoms with Crippen molar-refractivity contribution in [1.29, 1.82) is 0 Å². The molecule has 1 amide bonds. The SMILES string of the molecule is O=C(CC1(O)CCN(c2ccc(C(F)(F)F)cn2)CC1)Nc1ccc2[nH]c(=O)sc2c1. The Hall–Kier alpha value is -2.92. The average molecular weight is 452 g/mol. The van der Waals surface area contributed by atoms with Crippen LogP contribution in [0.2, 0.25) is 0 Å². The van der Waals surface area contributed by atoms with E-state index in [1.165, 1.54) is 6.07 Å². The number of aromatic nitrogens is 2. The molecule has 1 aliphatic rings. The van der Waals surface area contributed by atoms with Gasteiger partial charge in [-0.2, -0.15) is 13.2 Å². The van der Waals surface area contributed by atoms with Gasteiger partial charge in [-0.25, -0.2) is 4.98 Å². The van der Waals surface area contributed by atoms with Gasteiger partial charge >= 0.3 is 11.0 Å². The largest absolute Gasteiger partial charge is 0.417 e. The van der Waals surface area contributed by atoms with E-state index in [-0.39, 0.29) is 30.0 Å². The van der Waals surface area contributed by atoms with E-state index in [0.717, 1.165) is 28.3 Å². The van der Waals surface area contributed by atoms with Crippen molar-refractivity contribution in [3.63, 3.8) is 0 Å². The summed E-state index contributed by atoms with van der Waals surface area (Å²) in [7, 11) is 0. The van der Waals surface area contributed by atoms with Crippen LogP contribution in [0.1, 0.15) is 24.8 Å². The predicted molar refractivity (Wildman–Crippen MR) is 111 cm³/mol. The molecular formula is C20H19F3N4O3S. The number of alkyl halides is 3. The van der Waals surface area contributed by atoms with Crippen LogP contribution in [0.4, 0.5) is 24.7 Å². The van der Waals surface area contributed by atoms with E-state index >= 15 is 0 Å². The maximum absolute atomic E-state index is 12.7. The predicted octanol–water partition coefficient (Wildman–Crippen LogP) is 3.36. The van der Waals surface area contributed by atoms with Crippen molar-refractivity contribution < 1.29 is 23.1 Å². The number of pyridine rings is 1. The molecule has 1 aromatic carbocycles. The summed E-state index contributed by atoms with van der Waals surface area (Å²) in [5.41, 5.74) is -0.805. The number of carbonyl (C=O) groups excluding carboxylic acids is 1. The number of thiazole rings is 1. The number of hydrogen-bond donors (Lipinski definition) is 3. The van der Waals surface area contributed by atoms with E-state index < -0.39 is 17.3 Å². The van der Waals surface area contributed by atoms with Crippen LogP contribution in [0.15, 0.2) is 41.3 Å². The van der Waals surface area contributed by atoms with Gasteiger partial charge in [0.2, 0.25) is 5.91 Å². The van der Waals surface area contributed by atoms with E-state index in [1.807, 2.05) is 0 Å². The zero-order chi connectivity index (χ0) is 22.2. The van der Waals surface area contributed by atoms with E-state index in [4.69, 9.17) is 0 Å². The number of hydrogen-bond acceptors (Lipinski definition) is 6. The maximum Gasteiger partial charge on any atom is 0.417 e. The molecule has 0 spiro atoms. The molecule has 164 valence electrons. The highest BCUT2D eigenvalue weighted by atomic mass is 32.1. The number of piperidine rings is 1. The monoisotopic (exact) mass is 452 g/mol. The van der Waals surface area contributed by atoms with E-state index in [0.29, 0.717) is 30.1 Å². The van der Waals surface area contributed by atoms with Gasteiger partial charge in [0.1, 0.15) is 5.82 Å². The van der Waals surface area contributed by atoms with Crippen molar-refractivity contribution in [3.8, 4) is 0 Å². The Bertz CT molecular complexity index is 1150. The van der Waals surface area contributed by atoms with E-state index in [9.17, 15) is 27.9 Å². The molecule has 0 radical (unpaired) electrons. The molecule has 3 aromatic rings. The van der Waals surface area contributed by atoms with Gasteiger partial charge in [-0.05, 0) is 43.2 Å². The van der Waals surface area contributed by atoms with Crippen LogP contribution in [0.5, 0.6) is 0 Å². The minimum absolute atomic E-state index is 0.108. The summed E-state index contributed by atoms with van der Waals surface area (Å²) in [6, 6.07) is 7.36. The van der Waals surface area contributed by atoms with Gasteiger partial charge < -0.3 is 20.3 Å². The lowest BCUT2D eigenvalue weighted by molar-refractivity contribution is -0.137. The lowest BCUT2D eigenvalue weighted by atomic mass is 9.88. The minimum Gasteiger partial charge on any atom is -0.389 e. The quantitative estimate of drug-likeness (QED) is 0.564. The molecule has 3 heterocycles. The highest BCUT2D eigenvalue weighted by Crippen LogP contribution is 2.32. The first kappa shape index (κ1) is 21.3. The minimum atomic E-state index is -4.44. The number of carbonyl (C=O) groups is 1. The van der Waals surface area contributed by atoms with Gasteiger partial charge in [0.25, 0.3) is 0 Å². The smallest absolute Gasteiger partial charge is 0.389 e. The molecule has 0 unspecified atom stereocenters. The molecule has 7 nitrogen and oxygen atoms in total. The Morgan fingerprint density at radius 3 is 2.65 bits per heavy atom. The average Bonchev–Trinajstić information content (AvgIpc) is 3.07. The van der Waals surface area contributed by atoms with Crippen LogP contribution in [0.3, 0.4) is 0 Å². The molecule has 2 aromatic heterocycles. The summed E-state index contributed by atoms with van der Waals surface area (Å²) in [6.07, 6.45) is -3.20. The fraction of sp³-hybridized carbons (Fsp3) is 0.350. The fourth-order valence-corrected chi connectivity index (χ4v) is 4.37. The second kappa shape index (κ2) is 7.97. The third-order valence-electron chi connectivity index (χ3n) is 5.29. The summed E-state index contributed by atoms with van der Waals surface area (Å²) in [4.78, 5) is 32.0. The van der Waals surface area contributed by atoms with Crippen molar-refractivity contribution in [2.24, 2.45) is 0 Å². The summed E-state index contributed by atoms with van der Waals surface area (Å²) < 4.78 is 38.8. The number of nitrogens with zero attached hydrogens (tertiary/aromatic N) is 2. The summed E-state index contributed by atoms with van der Waals surface area (Å²) >= 11 is 1.04.